The predicted octanol–water partition coefficient (Wildman–Crippen LogP) is 0.929. The molecule has 0 amide bonds. The molecule has 15 heavy (non-hydrogen) atoms. The molecule has 0 aromatic carbocycles. The number of aromatic amines is 1. The number of aliphatic hydroxyl groups is 1. The van der Waals surface area contributed by atoms with Crippen molar-refractivity contribution in [3.63, 3.8) is 0 Å². The van der Waals surface area contributed by atoms with Gasteiger partial charge in [0.2, 0.25) is 0 Å². The molecule has 2 rings (SSSR count). The summed E-state index contributed by atoms with van der Waals surface area (Å²) in [4.78, 5) is 18.1. The first-order valence-electron chi connectivity index (χ1n) is 4.55. The Labute approximate surface area is 86.2 Å². The number of H-pyrrole nitrogens is 1. The minimum Gasteiger partial charge on any atom is -0.390 e. The van der Waals surface area contributed by atoms with E-state index in [1.807, 2.05) is 0 Å². The summed E-state index contributed by atoms with van der Waals surface area (Å²) in [5.41, 5.74) is 1.70. The lowest BCUT2D eigenvalue weighted by atomic mass is 10.1. The van der Waals surface area contributed by atoms with E-state index < -0.39 is 0 Å². The molecule has 2 aromatic heterocycles. The molecule has 4 nitrogen and oxygen atoms in total. The monoisotopic (exact) mass is 202 g/mol. The van der Waals surface area contributed by atoms with E-state index in [2.05, 4.69) is 9.97 Å². The molecule has 4 heteroatoms. The van der Waals surface area contributed by atoms with Gasteiger partial charge in [-0.25, -0.2) is 0 Å². The SMILES string of the molecule is O=c1[nH]c(CO)ccc1-c1ccncc1. The highest BCUT2D eigenvalue weighted by molar-refractivity contribution is 5.61. The van der Waals surface area contributed by atoms with E-state index in [-0.39, 0.29) is 12.2 Å². The Hall–Kier alpha value is -1.94. The zero-order valence-corrected chi connectivity index (χ0v) is 7.97. The number of aromatic nitrogens is 2. The first-order chi connectivity index (χ1) is 7.31. The van der Waals surface area contributed by atoms with Crippen molar-refractivity contribution in [2.75, 3.05) is 0 Å². The summed E-state index contributed by atoms with van der Waals surface area (Å²) in [5, 5.41) is 8.84. The van der Waals surface area contributed by atoms with Crippen LogP contribution in [0.3, 0.4) is 0 Å². The van der Waals surface area contributed by atoms with Gasteiger partial charge in [-0.3, -0.25) is 9.78 Å². The van der Waals surface area contributed by atoms with E-state index in [0.717, 1.165) is 5.56 Å². The van der Waals surface area contributed by atoms with Crippen LogP contribution < -0.4 is 5.56 Å². The van der Waals surface area contributed by atoms with Gasteiger partial charge in [0.25, 0.3) is 5.56 Å². The zero-order chi connectivity index (χ0) is 10.7. The van der Waals surface area contributed by atoms with Gasteiger partial charge in [-0.2, -0.15) is 0 Å². The lowest BCUT2D eigenvalue weighted by Gasteiger charge is -2.01. The number of pyridine rings is 2. The summed E-state index contributed by atoms with van der Waals surface area (Å²) < 4.78 is 0. The lowest BCUT2D eigenvalue weighted by Crippen LogP contribution is -2.11. The van der Waals surface area contributed by atoms with Crippen molar-refractivity contribution in [1.29, 1.82) is 0 Å². The van der Waals surface area contributed by atoms with Crippen LogP contribution in [0, 0.1) is 0 Å². The average molecular weight is 202 g/mol. The van der Waals surface area contributed by atoms with E-state index in [4.69, 9.17) is 5.11 Å². The van der Waals surface area contributed by atoms with Crippen LogP contribution in [0.4, 0.5) is 0 Å². The molecule has 0 aliphatic carbocycles. The maximum absolute atomic E-state index is 11.6. The largest absolute Gasteiger partial charge is 0.390 e. The van der Waals surface area contributed by atoms with Gasteiger partial charge in [-0.05, 0) is 29.8 Å². The van der Waals surface area contributed by atoms with Gasteiger partial charge in [0.15, 0.2) is 0 Å². The number of rotatable bonds is 2. The fourth-order valence-corrected chi connectivity index (χ4v) is 1.37. The van der Waals surface area contributed by atoms with Crippen LogP contribution in [0.2, 0.25) is 0 Å². The summed E-state index contributed by atoms with van der Waals surface area (Å²) in [5.74, 6) is 0. The van der Waals surface area contributed by atoms with Crippen molar-refractivity contribution < 1.29 is 5.11 Å². The zero-order valence-electron chi connectivity index (χ0n) is 7.97. The first kappa shape index (κ1) is 9.61. The Balaban J connectivity index is 2.51. The van der Waals surface area contributed by atoms with Crippen LogP contribution in [-0.4, -0.2) is 15.1 Å². The maximum atomic E-state index is 11.6. The molecule has 0 bridgehead atoms. The Kier molecular flexibility index (Phi) is 2.60. The van der Waals surface area contributed by atoms with Gasteiger partial charge in [-0.1, -0.05) is 0 Å². The van der Waals surface area contributed by atoms with Crippen LogP contribution in [0.5, 0.6) is 0 Å². The normalized spacial score (nSPS) is 10.2. The van der Waals surface area contributed by atoms with E-state index in [0.29, 0.717) is 11.3 Å². The van der Waals surface area contributed by atoms with Crippen molar-refractivity contribution in [2.24, 2.45) is 0 Å². The Morgan fingerprint density at radius 1 is 1.20 bits per heavy atom. The van der Waals surface area contributed by atoms with Crippen molar-refractivity contribution in [3.05, 3.63) is 52.7 Å². The molecule has 0 atom stereocenters. The summed E-state index contributed by atoms with van der Waals surface area (Å²) in [6.45, 7) is -0.161. The van der Waals surface area contributed by atoms with Crippen LogP contribution >= 0.6 is 0 Å². The molecule has 0 aliphatic heterocycles. The van der Waals surface area contributed by atoms with Gasteiger partial charge < -0.3 is 10.1 Å². The number of hydrogen-bond donors (Lipinski definition) is 2. The highest BCUT2D eigenvalue weighted by Gasteiger charge is 2.02. The van der Waals surface area contributed by atoms with Crippen LogP contribution in [0.25, 0.3) is 11.1 Å². The maximum Gasteiger partial charge on any atom is 0.256 e. The molecular weight excluding hydrogens is 192 g/mol. The second kappa shape index (κ2) is 4.06. The summed E-state index contributed by atoms with van der Waals surface area (Å²) in [7, 11) is 0. The third-order valence-corrected chi connectivity index (χ3v) is 2.13. The summed E-state index contributed by atoms with van der Waals surface area (Å²) >= 11 is 0. The molecule has 0 saturated heterocycles. The van der Waals surface area contributed by atoms with E-state index >= 15 is 0 Å². The molecular formula is C11H10N2O2. The molecule has 2 heterocycles. The number of nitrogens with zero attached hydrogens (tertiary/aromatic N) is 1. The Morgan fingerprint density at radius 3 is 2.53 bits per heavy atom. The number of hydrogen-bond acceptors (Lipinski definition) is 3. The fourth-order valence-electron chi connectivity index (χ4n) is 1.37. The van der Waals surface area contributed by atoms with Gasteiger partial charge in [0, 0.05) is 23.7 Å². The van der Waals surface area contributed by atoms with Gasteiger partial charge in [0.1, 0.15) is 0 Å². The van der Waals surface area contributed by atoms with E-state index in [9.17, 15) is 4.79 Å². The van der Waals surface area contributed by atoms with E-state index in [1.165, 1.54) is 0 Å². The fraction of sp³-hybridized carbons (Fsp3) is 0.0909. The molecule has 0 fully saturated rings. The van der Waals surface area contributed by atoms with Crippen LogP contribution in [-0.2, 0) is 6.61 Å². The van der Waals surface area contributed by atoms with Crippen LogP contribution in [0.15, 0.2) is 41.5 Å². The standard InChI is InChI=1S/C11H10N2O2/c14-7-9-1-2-10(11(15)13-9)8-3-5-12-6-4-8/h1-6,14H,7H2,(H,13,15). The lowest BCUT2D eigenvalue weighted by molar-refractivity contribution is 0.276. The molecule has 0 radical (unpaired) electrons. The minimum absolute atomic E-state index is 0.161. The minimum atomic E-state index is -0.201. The third-order valence-electron chi connectivity index (χ3n) is 2.13. The quantitative estimate of drug-likeness (QED) is 0.761. The number of aliphatic hydroxyl groups excluding tert-OH is 1. The van der Waals surface area contributed by atoms with Crippen molar-refractivity contribution in [1.82, 2.24) is 9.97 Å². The molecule has 0 aliphatic rings. The molecule has 0 spiro atoms. The highest BCUT2D eigenvalue weighted by Crippen LogP contribution is 2.12. The molecule has 2 aromatic rings. The smallest absolute Gasteiger partial charge is 0.256 e. The highest BCUT2D eigenvalue weighted by atomic mass is 16.3. The molecule has 76 valence electrons. The van der Waals surface area contributed by atoms with Crippen molar-refractivity contribution in [2.45, 2.75) is 6.61 Å². The molecule has 2 N–H and O–H groups in total. The third kappa shape index (κ3) is 1.94. The second-order valence-corrected chi connectivity index (χ2v) is 3.12. The van der Waals surface area contributed by atoms with Crippen LogP contribution in [0.1, 0.15) is 5.69 Å². The number of nitrogens with one attached hydrogen (secondary N) is 1. The first-order valence-corrected chi connectivity index (χ1v) is 4.55. The second-order valence-electron chi connectivity index (χ2n) is 3.12. The van der Waals surface area contributed by atoms with Gasteiger partial charge in [-0.15, -0.1) is 0 Å². The molecule has 0 saturated carbocycles. The van der Waals surface area contributed by atoms with Gasteiger partial charge >= 0.3 is 0 Å². The Bertz CT molecular complexity index is 505. The predicted molar refractivity (Wildman–Crippen MR) is 56.2 cm³/mol. The topological polar surface area (TPSA) is 66.0 Å². The summed E-state index contributed by atoms with van der Waals surface area (Å²) in [6.07, 6.45) is 3.27. The van der Waals surface area contributed by atoms with E-state index in [1.54, 1.807) is 36.7 Å². The molecule has 0 unspecified atom stereocenters. The van der Waals surface area contributed by atoms with Crippen molar-refractivity contribution in [3.8, 4) is 11.1 Å². The Morgan fingerprint density at radius 2 is 1.93 bits per heavy atom. The van der Waals surface area contributed by atoms with Crippen molar-refractivity contribution >= 4 is 0 Å². The van der Waals surface area contributed by atoms with Gasteiger partial charge in [0.05, 0.1) is 6.61 Å². The average Bonchev–Trinajstić information content (AvgIpc) is 2.30. The summed E-state index contributed by atoms with van der Waals surface area (Å²) in [6, 6.07) is 6.92.